The second-order valence-electron chi connectivity index (χ2n) is 5.04. The van der Waals surface area contributed by atoms with Crippen LogP contribution in [0.4, 0.5) is 0 Å². The molecule has 23 heavy (non-hydrogen) atoms. The Morgan fingerprint density at radius 1 is 1.00 bits per heavy atom. The van der Waals surface area contributed by atoms with Crippen LogP contribution in [0, 0.1) is 0 Å². The van der Waals surface area contributed by atoms with Crippen LogP contribution in [0.25, 0.3) is 16.7 Å². The molecule has 0 aliphatic rings. The molecule has 0 saturated heterocycles. The third-order valence-corrected chi connectivity index (χ3v) is 3.51. The summed E-state index contributed by atoms with van der Waals surface area (Å²) in [5.41, 5.74) is 1.95. The number of para-hydroxylation sites is 1. The number of rotatable bonds is 3. The van der Waals surface area contributed by atoms with E-state index in [4.69, 9.17) is 0 Å². The van der Waals surface area contributed by atoms with Crippen molar-refractivity contribution in [1.29, 1.82) is 0 Å². The summed E-state index contributed by atoms with van der Waals surface area (Å²) in [6.07, 6.45) is 4.91. The molecule has 0 aliphatic carbocycles. The minimum Gasteiger partial charge on any atom is -0.267 e. The summed E-state index contributed by atoms with van der Waals surface area (Å²) in [5, 5.41) is 12.9. The van der Waals surface area contributed by atoms with Crippen LogP contribution in [0.2, 0.25) is 0 Å². The summed E-state index contributed by atoms with van der Waals surface area (Å²) in [6.45, 7) is 0.326. The molecule has 0 N–H and O–H groups in total. The molecule has 1 aromatic carbocycles. The summed E-state index contributed by atoms with van der Waals surface area (Å²) >= 11 is 0. The summed E-state index contributed by atoms with van der Waals surface area (Å²) < 4.78 is 2.93. The first kappa shape index (κ1) is 13.3. The van der Waals surface area contributed by atoms with Gasteiger partial charge in [-0.25, -0.2) is 9.36 Å². The number of fused-ring (bicyclic) bond motifs is 1. The quantitative estimate of drug-likeness (QED) is 0.572. The highest BCUT2D eigenvalue weighted by atomic mass is 16.1. The first-order valence-electron chi connectivity index (χ1n) is 7.09. The van der Waals surface area contributed by atoms with Crippen molar-refractivity contribution in [2.45, 2.75) is 6.54 Å². The van der Waals surface area contributed by atoms with Crippen molar-refractivity contribution in [3.63, 3.8) is 0 Å². The van der Waals surface area contributed by atoms with Gasteiger partial charge < -0.3 is 0 Å². The molecule has 7 nitrogen and oxygen atoms in total. The van der Waals surface area contributed by atoms with Gasteiger partial charge in [0.05, 0.1) is 18.4 Å². The molecule has 0 unspecified atom stereocenters. The maximum atomic E-state index is 12.6. The average molecular weight is 304 g/mol. The molecule has 4 aromatic rings. The van der Waals surface area contributed by atoms with Gasteiger partial charge in [-0.2, -0.15) is 5.10 Å². The van der Waals surface area contributed by atoms with Crippen molar-refractivity contribution in [3.05, 3.63) is 77.0 Å². The van der Waals surface area contributed by atoms with E-state index in [2.05, 4.69) is 20.4 Å². The monoisotopic (exact) mass is 304 g/mol. The van der Waals surface area contributed by atoms with Crippen molar-refractivity contribution in [2.24, 2.45) is 0 Å². The molecular formula is C16H12N6O. The fourth-order valence-corrected chi connectivity index (χ4v) is 2.39. The van der Waals surface area contributed by atoms with Gasteiger partial charge in [0, 0.05) is 12.4 Å². The summed E-state index contributed by atoms with van der Waals surface area (Å²) in [7, 11) is 0. The van der Waals surface area contributed by atoms with Crippen LogP contribution in [0.3, 0.4) is 0 Å². The van der Waals surface area contributed by atoms with Crippen LogP contribution < -0.4 is 5.56 Å². The molecule has 0 spiro atoms. The molecule has 3 aromatic heterocycles. The molecule has 0 fully saturated rings. The largest absolute Gasteiger partial charge is 0.281 e. The van der Waals surface area contributed by atoms with E-state index in [-0.39, 0.29) is 5.56 Å². The van der Waals surface area contributed by atoms with Crippen LogP contribution in [0.15, 0.2) is 65.8 Å². The molecule has 0 amide bonds. The van der Waals surface area contributed by atoms with Crippen LogP contribution >= 0.6 is 0 Å². The van der Waals surface area contributed by atoms with Crippen molar-refractivity contribution in [3.8, 4) is 5.69 Å². The van der Waals surface area contributed by atoms with Crippen LogP contribution in [-0.4, -0.2) is 29.8 Å². The van der Waals surface area contributed by atoms with Gasteiger partial charge in [-0.05, 0) is 23.8 Å². The summed E-state index contributed by atoms with van der Waals surface area (Å²) in [5.74, 6) is 0. The molecule has 112 valence electrons. The topological polar surface area (TPSA) is 78.5 Å². The van der Waals surface area contributed by atoms with E-state index in [0.29, 0.717) is 17.6 Å². The average Bonchev–Trinajstić information content (AvgIpc) is 3.04. The minimum absolute atomic E-state index is 0.221. The lowest BCUT2D eigenvalue weighted by molar-refractivity contribution is 0.596. The molecule has 0 aliphatic heterocycles. The number of aromatic nitrogens is 6. The molecule has 0 saturated carbocycles. The first-order chi connectivity index (χ1) is 11.3. The normalized spacial score (nSPS) is 11.0. The molecule has 4 rings (SSSR count). The van der Waals surface area contributed by atoms with Gasteiger partial charge in [0.2, 0.25) is 0 Å². The zero-order valence-corrected chi connectivity index (χ0v) is 12.1. The van der Waals surface area contributed by atoms with Crippen molar-refractivity contribution in [2.75, 3.05) is 0 Å². The maximum Gasteiger partial charge on any atom is 0.281 e. The van der Waals surface area contributed by atoms with Crippen molar-refractivity contribution >= 4 is 11.0 Å². The highest BCUT2D eigenvalue weighted by molar-refractivity contribution is 5.74. The Morgan fingerprint density at radius 3 is 2.65 bits per heavy atom. The molecule has 3 heterocycles. The Labute approximate surface area is 130 Å². The highest BCUT2D eigenvalue weighted by Gasteiger charge is 2.12. The van der Waals surface area contributed by atoms with Gasteiger partial charge in [-0.1, -0.05) is 29.5 Å². The fraction of sp³-hybridized carbons (Fsp3) is 0.0625. The number of pyridine rings is 1. The Hall–Kier alpha value is -3.35. The second kappa shape index (κ2) is 5.45. The van der Waals surface area contributed by atoms with Crippen molar-refractivity contribution in [1.82, 2.24) is 29.8 Å². The second-order valence-corrected chi connectivity index (χ2v) is 5.04. The Kier molecular flexibility index (Phi) is 3.16. The molecule has 7 heteroatoms. The number of hydrogen-bond acceptors (Lipinski definition) is 5. The number of benzene rings is 1. The SMILES string of the molecule is O=c1c2cnn(-c3ccccc3)c2nnn1Cc1cccnc1. The van der Waals surface area contributed by atoms with Gasteiger partial charge in [0.1, 0.15) is 5.39 Å². The fourth-order valence-electron chi connectivity index (χ4n) is 2.39. The summed E-state index contributed by atoms with van der Waals surface area (Å²) in [6, 6.07) is 13.2. The molecule has 0 atom stereocenters. The maximum absolute atomic E-state index is 12.6. The van der Waals surface area contributed by atoms with E-state index in [1.54, 1.807) is 17.1 Å². The Balaban J connectivity index is 1.80. The van der Waals surface area contributed by atoms with Gasteiger partial charge >= 0.3 is 0 Å². The third-order valence-electron chi connectivity index (χ3n) is 3.51. The van der Waals surface area contributed by atoms with Crippen LogP contribution in [-0.2, 0) is 6.54 Å². The van der Waals surface area contributed by atoms with Gasteiger partial charge in [-0.3, -0.25) is 9.78 Å². The van der Waals surface area contributed by atoms with Crippen molar-refractivity contribution < 1.29 is 0 Å². The standard InChI is InChI=1S/C16H12N6O/c23-16-14-10-18-22(13-6-2-1-3-7-13)15(14)19-20-21(16)11-12-5-4-8-17-9-12/h1-10H,11H2. The zero-order valence-electron chi connectivity index (χ0n) is 12.1. The highest BCUT2D eigenvalue weighted by Crippen LogP contribution is 2.12. The van der Waals surface area contributed by atoms with E-state index in [1.165, 1.54) is 10.9 Å². The first-order valence-corrected chi connectivity index (χ1v) is 7.09. The van der Waals surface area contributed by atoms with Crippen LogP contribution in [0.1, 0.15) is 5.56 Å². The summed E-state index contributed by atoms with van der Waals surface area (Å²) in [4.78, 5) is 16.6. The Bertz CT molecular complexity index is 1010. The third kappa shape index (κ3) is 2.38. The van der Waals surface area contributed by atoms with E-state index in [1.807, 2.05) is 42.5 Å². The molecule has 0 bridgehead atoms. The van der Waals surface area contributed by atoms with Gasteiger partial charge in [0.25, 0.3) is 5.56 Å². The Morgan fingerprint density at radius 2 is 1.87 bits per heavy atom. The predicted molar refractivity (Wildman–Crippen MR) is 84.3 cm³/mol. The van der Waals surface area contributed by atoms with E-state index < -0.39 is 0 Å². The lowest BCUT2D eigenvalue weighted by Crippen LogP contribution is -2.24. The smallest absolute Gasteiger partial charge is 0.267 e. The zero-order chi connectivity index (χ0) is 15.6. The minimum atomic E-state index is -0.221. The van der Waals surface area contributed by atoms with E-state index >= 15 is 0 Å². The molecular weight excluding hydrogens is 292 g/mol. The predicted octanol–water partition coefficient (Wildman–Crippen LogP) is 1.42. The van der Waals surface area contributed by atoms with E-state index in [0.717, 1.165) is 11.3 Å². The lowest BCUT2D eigenvalue weighted by Gasteiger charge is -2.04. The van der Waals surface area contributed by atoms with Crippen LogP contribution in [0.5, 0.6) is 0 Å². The van der Waals surface area contributed by atoms with Gasteiger partial charge in [-0.15, -0.1) is 5.10 Å². The van der Waals surface area contributed by atoms with Gasteiger partial charge in [0.15, 0.2) is 5.65 Å². The number of nitrogens with zero attached hydrogens (tertiary/aromatic N) is 6. The molecule has 0 radical (unpaired) electrons. The van der Waals surface area contributed by atoms with E-state index in [9.17, 15) is 4.79 Å². The lowest BCUT2D eigenvalue weighted by atomic mass is 10.3. The number of hydrogen-bond donors (Lipinski definition) is 0.